The molecular weight excluding hydrogens is 274 g/mol. The minimum Gasteiger partial charge on any atom is -0.494 e. The highest BCUT2D eigenvalue weighted by atomic mass is 16.5. The normalized spacial score (nSPS) is 12.3. The van der Waals surface area contributed by atoms with Crippen LogP contribution in [0.15, 0.2) is 43.0 Å². The van der Waals surface area contributed by atoms with Crippen LogP contribution in [-0.4, -0.2) is 22.7 Å². The van der Waals surface area contributed by atoms with E-state index in [0.29, 0.717) is 6.04 Å². The Hall–Kier alpha value is -1.81. The first-order valence-corrected chi connectivity index (χ1v) is 8.21. The highest BCUT2D eigenvalue weighted by Gasteiger charge is 2.04. The highest BCUT2D eigenvalue weighted by Crippen LogP contribution is 2.17. The Morgan fingerprint density at radius 2 is 2.05 bits per heavy atom. The SMILES string of the molecule is CCCCOc1ccc(C(C)NCCCn2ccnc2)cc1. The van der Waals surface area contributed by atoms with E-state index in [4.69, 9.17) is 4.74 Å². The van der Waals surface area contributed by atoms with Crippen molar-refractivity contribution in [2.45, 2.75) is 45.7 Å². The van der Waals surface area contributed by atoms with E-state index in [1.54, 1.807) is 0 Å². The zero-order chi connectivity index (χ0) is 15.6. The van der Waals surface area contributed by atoms with Gasteiger partial charge in [-0.25, -0.2) is 4.98 Å². The van der Waals surface area contributed by atoms with Crippen molar-refractivity contribution in [2.75, 3.05) is 13.2 Å². The third-order valence-electron chi connectivity index (χ3n) is 3.75. The number of rotatable bonds is 10. The van der Waals surface area contributed by atoms with Crippen molar-refractivity contribution in [1.82, 2.24) is 14.9 Å². The van der Waals surface area contributed by atoms with Crippen molar-refractivity contribution in [3.63, 3.8) is 0 Å². The van der Waals surface area contributed by atoms with Crippen molar-refractivity contribution in [1.29, 1.82) is 0 Å². The van der Waals surface area contributed by atoms with Crippen molar-refractivity contribution >= 4 is 0 Å². The molecular formula is C18H27N3O. The Bertz CT molecular complexity index is 508. The zero-order valence-corrected chi connectivity index (χ0v) is 13.7. The smallest absolute Gasteiger partial charge is 0.119 e. The summed E-state index contributed by atoms with van der Waals surface area (Å²) >= 11 is 0. The Kier molecular flexibility index (Phi) is 6.97. The van der Waals surface area contributed by atoms with Gasteiger partial charge in [0, 0.05) is 25.0 Å². The van der Waals surface area contributed by atoms with Crippen molar-refractivity contribution in [3.05, 3.63) is 48.5 Å². The minimum absolute atomic E-state index is 0.354. The van der Waals surface area contributed by atoms with Crippen LogP contribution >= 0.6 is 0 Å². The van der Waals surface area contributed by atoms with Gasteiger partial charge < -0.3 is 14.6 Å². The lowest BCUT2D eigenvalue weighted by molar-refractivity contribution is 0.309. The third-order valence-corrected chi connectivity index (χ3v) is 3.75. The van der Waals surface area contributed by atoms with Crippen LogP contribution in [0.5, 0.6) is 5.75 Å². The molecule has 2 rings (SSSR count). The van der Waals surface area contributed by atoms with Crippen LogP contribution in [0.2, 0.25) is 0 Å². The molecule has 0 saturated carbocycles. The molecule has 0 radical (unpaired) electrons. The first-order chi connectivity index (χ1) is 10.8. The number of aromatic nitrogens is 2. The number of nitrogens with one attached hydrogen (secondary N) is 1. The molecule has 120 valence electrons. The summed E-state index contributed by atoms with van der Waals surface area (Å²) in [6.45, 7) is 7.17. The Balaban J connectivity index is 1.69. The van der Waals surface area contributed by atoms with Crippen LogP contribution in [0.1, 0.15) is 44.7 Å². The Labute approximate surface area is 133 Å². The molecule has 4 nitrogen and oxygen atoms in total. The summed E-state index contributed by atoms with van der Waals surface area (Å²) in [6.07, 6.45) is 9.05. The highest BCUT2D eigenvalue weighted by molar-refractivity contribution is 5.28. The molecule has 0 aliphatic rings. The van der Waals surface area contributed by atoms with E-state index in [-0.39, 0.29) is 0 Å². The summed E-state index contributed by atoms with van der Waals surface area (Å²) in [5, 5.41) is 3.56. The van der Waals surface area contributed by atoms with E-state index < -0.39 is 0 Å². The van der Waals surface area contributed by atoms with Gasteiger partial charge in [0.25, 0.3) is 0 Å². The Morgan fingerprint density at radius 3 is 2.73 bits per heavy atom. The molecule has 0 saturated heterocycles. The standard InChI is InChI=1S/C18H27N3O/c1-3-4-14-22-18-8-6-17(7-9-18)16(2)20-10-5-12-21-13-11-19-15-21/h6-9,11,13,15-16,20H,3-5,10,12,14H2,1-2H3. The van der Waals surface area contributed by atoms with Crippen molar-refractivity contribution < 1.29 is 4.74 Å². The summed E-state index contributed by atoms with van der Waals surface area (Å²) < 4.78 is 7.80. The predicted molar refractivity (Wildman–Crippen MR) is 90.1 cm³/mol. The van der Waals surface area contributed by atoms with Gasteiger partial charge in [-0.3, -0.25) is 0 Å². The lowest BCUT2D eigenvalue weighted by Gasteiger charge is -2.15. The predicted octanol–water partition coefficient (Wildman–Crippen LogP) is 3.80. The molecule has 0 aliphatic carbocycles. The summed E-state index contributed by atoms with van der Waals surface area (Å²) in [5.74, 6) is 0.963. The number of ether oxygens (including phenoxy) is 1. The molecule has 0 spiro atoms. The summed E-state index contributed by atoms with van der Waals surface area (Å²) in [6, 6.07) is 8.78. The number of unbranched alkanes of at least 4 members (excludes halogenated alkanes) is 1. The number of aryl methyl sites for hydroxylation is 1. The van der Waals surface area contributed by atoms with Crippen LogP contribution < -0.4 is 10.1 Å². The fraction of sp³-hybridized carbons (Fsp3) is 0.500. The second-order valence-electron chi connectivity index (χ2n) is 5.60. The van der Waals surface area contributed by atoms with Gasteiger partial charge >= 0.3 is 0 Å². The molecule has 4 heteroatoms. The van der Waals surface area contributed by atoms with Gasteiger partial charge in [-0.1, -0.05) is 25.5 Å². The summed E-state index contributed by atoms with van der Waals surface area (Å²) in [5.41, 5.74) is 1.30. The number of hydrogen-bond acceptors (Lipinski definition) is 3. The maximum atomic E-state index is 5.69. The number of hydrogen-bond donors (Lipinski definition) is 1. The van der Waals surface area contributed by atoms with Crippen molar-refractivity contribution in [2.24, 2.45) is 0 Å². The van der Waals surface area contributed by atoms with Gasteiger partial charge in [0.05, 0.1) is 12.9 Å². The molecule has 2 aromatic rings. The van der Waals surface area contributed by atoms with E-state index >= 15 is 0 Å². The van der Waals surface area contributed by atoms with Crippen LogP contribution in [0.4, 0.5) is 0 Å². The number of imidazole rings is 1. The zero-order valence-electron chi connectivity index (χ0n) is 13.7. The van der Waals surface area contributed by atoms with E-state index in [1.165, 1.54) is 5.56 Å². The minimum atomic E-state index is 0.354. The third kappa shape index (κ3) is 5.53. The fourth-order valence-electron chi connectivity index (χ4n) is 2.30. The molecule has 1 unspecified atom stereocenters. The largest absolute Gasteiger partial charge is 0.494 e. The molecule has 1 atom stereocenters. The molecule has 22 heavy (non-hydrogen) atoms. The van der Waals surface area contributed by atoms with Crippen LogP contribution in [0.3, 0.4) is 0 Å². The van der Waals surface area contributed by atoms with Crippen LogP contribution in [0, 0.1) is 0 Å². The molecule has 1 N–H and O–H groups in total. The van der Waals surface area contributed by atoms with E-state index in [1.807, 2.05) is 18.7 Å². The van der Waals surface area contributed by atoms with Gasteiger partial charge in [0.1, 0.15) is 5.75 Å². The Morgan fingerprint density at radius 1 is 1.23 bits per heavy atom. The van der Waals surface area contributed by atoms with Gasteiger partial charge in [0.15, 0.2) is 0 Å². The molecule has 1 heterocycles. The summed E-state index contributed by atoms with van der Waals surface area (Å²) in [4.78, 5) is 4.05. The molecule has 0 bridgehead atoms. The number of benzene rings is 1. The monoisotopic (exact) mass is 301 g/mol. The number of nitrogens with zero attached hydrogens (tertiary/aromatic N) is 2. The average Bonchev–Trinajstić information content (AvgIpc) is 3.06. The molecule has 0 fully saturated rings. The molecule has 0 amide bonds. The second-order valence-corrected chi connectivity index (χ2v) is 5.60. The van der Waals surface area contributed by atoms with Gasteiger partial charge in [-0.15, -0.1) is 0 Å². The maximum absolute atomic E-state index is 5.69. The van der Waals surface area contributed by atoms with Crippen LogP contribution in [0.25, 0.3) is 0 Å². The van der Waals surface area contributed by atoms with Gasteiger partial charge in [-0.05, 0) is 44.0 Å². The first-order valence-electron chi connectivity index (χ1n) is 8.21. The van der Waals surface area contributed by atoms with E-state index in [0.717, 1.165) is 44.7 Å². The van der Waals surface area contributed by atoms with Gasteiger partial charge in [-0.2, -0.15) is 0 Å². The maximum Gasteiger partial charge on any atom is 0.119 e. The lowest BCUT2D eigenvalue weighted by atomic mass is 10.1. The topological polar surface area (TPSA) is 39.1 Å². The average molecular weight is 301 g/mol. The molecule has 1 aromatic heterocycles. The quantitative estimate of drug-likeness (QED) is 0.678. The second kappa shape index (κ2) is 9.26. The fourth-order valence-corrected chi connectivity index (χ4v) is 2.30. The molecule has 1 aromatic carbocycles. The van der Waals surface area contributed by atoms with Crippen LogP contribution in [-0.2, 0) is 6.54 Å². The lowest BCUT2D eigenvalue weighted by Crippen LogP contribution is -2.20. The van der Waals surface area contributed by atoms with Gasteiger partial charge in [0.2, 0.25) is 0 Å². The first kappa shape index (κ1) is 16.6. The summed E-state index contributed by atoms with van der Waals surface area (Å²) in [7, 11) is 0. The van der Waals surface area contributed by atoms with Crippen molar-refractivity contribution in [3.8, 4) is 5.75 Å². The molecule has 0 aliphatic heterocycles. The van der Waals surface area contributed by atoms with E-state index in [9.17, 15) is 0 Å². The van der Waals surface area contributed by atoms with E-state index in [2.05, 4.69) is 53.0 Å².